The second-order valence-corrected chi connectivity index (χ2v) is 8.40. The number of amides is 4. The third-order valence-corrected chi connectivity index (χ3v) is 6.66. The van der Waals surface area contributed by atoms with E-state index in [0.29, 0.717) is 6.42 Å². The summed E-state index contributed by atoms with van der Waals surface area (Å²) in [5.41, 5.74) is -0.896. The number of carbonyl (C=O) groups is 4. The molecule has 0 unspecified atom stereocenters. The lowest BCUT2D eigenvalue weighted by molar-refractivity contribution is -0.154. The van der Waals surface area contributed by atoms with Gasteiger partial charge < -0.3 is 15.0 Å². The minimum Gasteiger partial charge on any atom is -0.454 e. The molecule has 156 valence electrons. The van der Waals surface area contributed by atoms with Crippen LogP contribution in [0, 0.1) is 5.92 Å². The summed E-state index contributed by atoms with van der Waals surface area (Å²) in [5.74, 6) is -1.32. The standard InChI is InChI=1S/C20H31N3O5/c1-14-8-6-7-11-20(14)18(26)23(19(27)21-20)12-17(25)28-13-16(24)22(2)15-9-4-3-5-10-15/h14-15H,3-13H2,1-2H3,(H,21,27)/t14-,20+/m1/s1. The average Bonchev–Trinajstić information content (AvgIpc) is 2.93. The van der Waals surface area contributed by atoms with Gasteiger partial charge in [0.2, 0.25) is 0 Å². The van der Waals surface area contributed by atoms with E-state index in [1.165, 1.54) is 6.42 Å². The van der Waals surface area contributed by atoms with Crippen LogP contribution >= 0.6 is 0 Å². The summed E-state index contributed by atoms with van der Waals surface area (Å²) < 4.78 is 5.07. The van der Waals surface area contributed by atoms with Crippen molar-refractivity contribution in [1.29, 1.82) is 0 Å². The highest BCUT2D eigenvalue weighted by molar-refractivity contribution is 6.09. The molecule has 4 amide bonds. The molecule has 8 heteroatoms. The van der Waals surface area contributed by atoms with Crippen molar-refractivity contribution in [2.45, 2.75) is 76.3 Å². The Bertz CT molecular complexity index is 646. The predicted molar refractivity (Wildman–Crippen MR) is 101 cm³/mol. The van der Waals surface area contributed by atoms with Gasteiger partial charge in [0.1, 0.15) is 12.1 Å². The van der Waals surface area contributed by atoms with Gasteiger partial charge in [0.25, 0.3) is 11.8 Å². The van der Waals surface area contributed by atoms with E-state index in [9.17, 15) is 19.2 Å². The van der Waals surface area contributed by atoms with Gasteiger partial charge in [0.15, 0.2) is 6.61 Å². The van der Waals surface area contributed by atoms with Crippen LogP contribution in [0.2, 0.25) is 0 Å². The number of likely N-dealkylation sites (N-methyl/N-ethyl adjacent to an activating group) is 1. The van der Waals surface area contributed by atoms with Crippen LogP contribution in [0.15, 0.2) is 0 Å². The Kier molecular flexibility index (Phi) is 6.25. The van der Waals surface area contributed by atoms with Crippen LogP contribution < -0.4 is 5.32 Å². The van der Waals surface area contributed by atoms with Crippen molar-refractivity contribution in [1.82, 2.24) is 15.1 Å². The highest BCUT2D eigenvalue weighted by atomic mass is 16.5. The molecule has 0 aromatic heterocycles. The Hall–Kier alpha value is -2.12. The molecule has 0 aromatic carbocycles. The first-order valence-electron chi connectivity index (χ1n) is 10.4. The van der Waals surface area contributed by atoms with Gasteiger partial charge in [-0.3, -0.25) is 19.3 Å². The van der Waals surface area contributed by atoms with Crippen molar-refractivity contribution < 1.29 is 23.9 Å². The topological polar surface area (TPSA) is 96.0 Å². The van der Waals surface area contributed by atoms with Gasteiger partial charge in [0.05, 0.1) is 0 Å². The van der Waals surface area contributed by atoms with Crippen molar-refractivity contribution in [3.8, 4) is 0 Å². The highest BCUT2D eigenvalue weighted by Gasteiger charge is 2.55. The summed E-state index contributed by atoms with van der Waals surface area (Å²) in [4.78, 5) is 52.2. The summed E-state index contributed by atoms with van der Waals surface area (Å²) >= 11 is 0. The normalized spacial score (nSPS) is 28.4. The van der Waals surface area contributed by atoms with E-state index in [0.717, 1.165) is 49.8 Å². The fraction of sp³-hybridized carbons (Fsp3) is 0.800. The number of urea groups is 1. The fourth-order valence-corrected chi connectivity index (χ4v) is 4.73. The average molecular weight is 393 g/mol. The number of hydrogen-bond donors (Lipinski definition) is 1. The van der Waals surface area contributed by atoms with E-state index in [4.69, 9.17) is 4.74 Å². The zero-order chi connectivity index (χ0) is 20.3. The molecule has 1 aliphatic heterocycles. The number of rotatable bonds is 5. The van der Waals surface area contributed by atoms with E-state index >= 15 is 0 Å². The Balaban J connectivity index is 1.51. The third kappa shape index (κ3) is 4.00. The SMILES string of the molecule is C[C@@H]1CCCC[C@]12NC(=O)N(CC(=O)OCC(=O)N(C)C1CCCCC1)C2=O. The molecular formula is C20H31N3O5. The Morgan fingerprint density at radius 2 is 1.82 bits per heavy atom. The lowest BCUT2D eigenvalue weighted by atomic mass is 9.73. The minimum atomic E-state index is -0.896. The van der Waals surface area contributed by atoms with Crippen molar-refractivity contribution >= 4 is 23.8 Å². The second-order valence-electron chi connectivity index (χ2n) is 8.40. The first-order valence-corrected chi connectivity index (χ1v) is 10.4. The number of nitrogens with zero attached hydrogens (tertiary/aromatic N) is 2. The molecule has 1 heterocycles. The van der Waals surface area contributed by atoms with E-state index in [2.05, 4.69) is 5.32 Å². The molecule has 1 saturated heterocycles. The van der Waals surface area contributed by atoms with Crippen LogP contribution in [-0.4, -0.2) is 65.4 Å². The maximum Gasteiger partial charge on any atom is 0.326 e. The maximum atomic E-state index is 12.9. The van der Waals surface area contributed by atoms with Crippen LogP contribution in [-0.2, 0) is 19.1 Å². The monoisotopic (exact) mass is 393 g/mol. The first kappa shape index (κ1) is 20.6. The molecule has 3 rings (SSSR count). The third-order valence-electron chi connectivity index (χ3n) is 6.66. The second kappa shape index (κ2) is 8.49. The summed E-state index contributed by atoms with van der Waals surface area (Å²) in [6, 6.07) is -0.361. The lowest BCUT2D eigenvalue weighted by Gasteiger charge is -2.36. The number of carbonyl (C=O) groups excluding carboxylic acids is 4. The van der Waals surface area contributed by atoms with E-state index in [-0.39, 0.29) is 30.4 Å². The minimum absolute atomic E-state index is 0.0319. The van der Waals surface area contributed by atoms with Gasteiger partial charge in [-0.15, -0.1) is 0 Å². The molecule has 3 fully saturated rings. The van der Waals surface area contributed by atoms with Gasteiger partial charge >= 0.3 is 12.0 Å². The van der Waals surface area contributed by atoms with Gasteiger partial charge in [-0.25, -0.2) is 4.79 Å². The van der Waals surface area contributed by atoms with Crippen LogP contribution in [0.25, 0.3) is 0 Å². The molecule has 0 bridgehead atoms. The van der Waals surface area contributed by atoms with Crippen molar-refractivity contribution in [3.63, 3.8) is 0 Å². The quantitative estimate of drug-likeness (QED) is 0.568. The number of imide groups is 1. The molecule has 2 saturated carbocycles. The number of esters is 1. The molecule has 2 atom stereocenters. The van der Waals surface area contributed by atoms with E-state index in [1.807, 2.05) is 6.92 Å². The molecule has 0 aromatic rings. The van der Waals surface area contributed by atoms with Crippen LogP contribution in [0.3, 0.4) is 0 Å². The van der Waals surface area contributed by atoms with E-state index in [1.54, 1.807) is 11.9 Å². The van der Waals surface area contributed by atoms with Gasteiger partial charge in [-0.05, 0) is 31.6 Å². The molecule has 8 nitrogen and oxygen atoms in total. The summed E-state index contributed by atoms with van der Waals surface area (Å²) in [6.07, 6.45) is 8.71. The largest absolute Gasteiger partial charge is 0.454 e. The van der Waals surface area contributed by atoms with Crippen LogP contribution in [0.4, 0.5) is 4.79 Å². The van der Waals surface area contributed by atoms with E-state index < -0.39 is 24.1 Å². The predicted octanol–water partition coefficient (Wildman–Crippen LogP) is 1.82. The Morgan fingerprint density at radius 1 is 1.14 bits per heavy atom. The van der Waals surface area contributed by atoms with Gasteiger partial charge in [0, 0.05) is 13.1 Å². The van der Waals surface area contributed by atoms with Crippen molar-refractivity contribution in [2.24, 2.45) is 5.92 Å². The molecule has 28 heavy (non-hydrogen) atoms. The smallest absolute Gasteiger partial charge is 0.326 e. The fourth-order valence-electron chi connectivity index (χ4n) is 4.73. The molecule has 2 aliphatic carbocycles. The molecular weight excluding hydrogens is 362 g/mol. The van der Waals surface area contributed by atoms with Gasteiger partial charge in [-0.2, -0.15) is 0 Å². The first-order chi connectivity index (χ1) is 13.3. The van der Waals surface area contributed by atoms with Gasteiger partial charge in [-0.1, -0.05) is 39.0 Å². The number of hydrogen-bond acceptors (Lipinski definition) is 5. The van der Waals surface area contributed by atoms with Crippen molar-refractivity contribution in [3.05, 3.63) is 0 Å². The van der Waals surface area contributed by atoms with Crippen LogP contribution in [0.1, 0.15) is 64.7 Å². The highest BCUT2D eigenvalue weighted by Crippen LogP contribution is 2.38. The Morgan fingerprint density at radius 3 is 2.50 bits per heavy atom. The molecule has 0 radical (unpaired) electrons. The summed E-state index contributed by atoms with van der Waals surface area (Å²) in [7, 11) is 1.73. The summed E-state index contributed by atoms with van der Waals surface area (Å²) in [6.45, 7) is 1.13. The number of ether oxygens (including phenoxy) is 1. The maximum absolute atomic E-state index is 12.9. The van der Waals surface area contributed by atoms with Crippen LogP contribution in [0.5, 0.6) is 0 Å². The molecule has 3 aliphatic rings. The zero-order valence-corrected chi connectivity index (χ0v) is 16.9. The Labute approximate surface area is 165 Å². The summed E-state index contributed by atoms with van der Waals surface area (Å²) in [5, 5.41) is 2.80. The molecule has 1 spiro atoms. The number of nitrogens with one attached hydrogen (secondary N) is 1. The zero-order valence-electron chi connectivity index (χ0n) is 16.9. The van der Waals surface area contributed by atoms with Crippen molar-refractivity contribution in [2.75, 3.05) is 20.2 Å². The molecule has 1 N–H and O–H groups in total. The lowest BCUT2D eigenvalue weighted by Crippen LogP contribution is -2.54.